The summed E-state index contributed by atoms with van der Waals surface area (Å²) in [4.78, 5) is 33.8. The summed E-state index contributed by atoms with van der Waals surface area (Å²) in [5.41, 5.74) is 0.214. The Kier molecular flexibility index (Phi) is 6.21. The first kappa shape index (κ1) is 20.2. The molecule has 3 aromatic rings. The van der Waals surface area contributed by atoms with Gasteiger partial charge in [-0.2, -0.15) is 0 Å². The number of likely N-dealkylation sites (N-methyl/N-ethyl adjacent to an activating group) is 1. The normalized spacial score (nSPS) is 12.0. The Bertz CT molecular complexity index is 1050. The van der Waals surface area contributed by atoms with Crippen molar-refractivity contribution in [2.24, 2.45) is 0 Å². The lowest BCUT2D eigenvalue weighted by Gasteiger charge is -2.24. The molecule has 1 N–H and O–H groups in total. The number of H-pyrrole nitrogens is 1. The topological polar surface area (TPSA) is 75.3 Å². The molecule has 0 saturated carbocycles. The number of amides is 1. The Labute approximate surface area is 172 Å². The quantitative estimate of drug-likeness (QED) is 0.653. The van der Waals surface area contributed by atoms with Gasteiger partial charge >= 0.3 is 0 Å². The van der Waals surface area contributed by atoms with Gasteiger partial charge in [-0.1, -0.05) is 23.2 Å². The number of rotatable bonds is 6. The number of aromatic amines is 1. The maximum atomic E-state index is 12.8. The summed E-state index contributed by atoms with van der Waals surface area (Å²) in [6.07, 6.45) is -0.706. The van der Waals surface area contributed by atoms with Crippen molar-refractivity contribution in [2.45, 2.75) is 26.5 Å². The van der Waals surface area contributed by atoms with E-state index in [1.165, 1.54) is 0 Å². The van der Waals surface area contributed by atoms with E-state index in [-0.39, 0.29) is 18.0 Å². The fourth-order valence-electron chi connectivity index (χ4n) is 2.79. The Morgan fingerprint density at radius 1 is 1.18 bits per heavy atom. The first-order valence-electron chi connectivity index (χ1n) is 8.77. The number of hydrogen-bond acceptors (Lipinski definition) is 4. The van der Waals surface area contributed by atoms with Crippen molar-refractivity contribution in [1.82, 2.24) is 14.9 Å². The van der Waals surface area contributed by atoms with Crippen LogP contribution in [0.5, 0.6) is 5.75 Å². The Balaban J connectivity index is 1.77. The molecule has 0 radical (unpaired) electrons. The summed E-state index contributed by atoms with van der Waals surface area (Å²) in [7, 11) is 0. The highest BCUT2D eigenvalue weighted by Gasteiger charge is 2.22. The van der Waals surface area contributed by atoms with Gasteiger partial charge in [0.2, 0.25) is 0 Å². The number of halogens is 2. The highest BCUT2D eigenvalue weighted by molar-refractivity contribution is 6.31. The van der Waals surface area contributed by atoms with Crippen molar-refractivity contribution in [2.75, 3.05) is 6.54 Å². The molecule has 3 rings (SSSR count). The lowest BCUT2D eigenvalue weighted by Crippen LogP contribution is -2.40. The zero-order valence-electron chi connectivity index (χ0n) is 15.4. The third-order valence-electron chi connectivity index (χ3n) is 4.23. The zero-order chi connectivity index (χ0) is 20.3. The average molecular weight is 420 g/mol. The predicted molar refractivity (Wildman–Crippen MR) is 110 cm³/mol. The van der Waals surface area contributed by atoms with Crippen LogP contribution in [0.2, 0.25) is 10.0 Å². The van der Waals surface area contributed by atoms with Crippen molar-refractivity contribution in [3.05, 3.63) is 68.7 Å². The SMILES string of the molecule is CCN(Cc1nc2cc(Cl)ccc2c(=O)[nH]1)C(=O)C(C)Oc1ccc(Cl)cc1. The molecule has 0 saturated heterocycles. The zero-order valence-corrected chi connectivity index (χ0v) is 16.9. The summed E-state index contributed by atoms with van der Waals surface area (Å²) in [5.74, 6) is 0.716. The minimum Gasteiger partial charge on any atom is -0.481 e. The number of nitrogens with one attached hydrogen (secondary N) is 1. The summed E-state index contributed by atoms with van der Waals surface area (Å²) in [5, 5.41) is 1.53. The number of benzene rings is 2. The van der Waals surface area contributed by atoms with Crippen molar-refractivity contribution >= 4 is 40.0 Å². The van der Waals surface area contributed by atoms with Crippen LogP contribution in [0.3, 0.4) is 0 Å². The van der Waals surface area contributed by atoms with Gasteiger partial charge in [0, 0.05) is 16.6 Å². The van der Waals surface area contributed by atoms with Crippen molar-refractivity contribution < 1.29 is 9.53 Å². The number of nitrogens with zero attached hydrogens (tertiary/aromatic N) is 2. The van der Waals surface area contributed by atoms with Crippen LogP contribution in [0.1, 0.15) is 19.7 Å². The number of carbonyl (C=O) groups is 1. The lowest BCUT2D eigenvalue weighted by molar-refractivity contribution is -0.138. The van der Waals surface area contributed by atoms with Crippen molar-refractivity contribution in [3.8, 4) is 5.75 Å². The fourth-order valence-corrected chi connectivity index (χ4v) is 3.08. The van der Waals surface area contributed by atoms with Crippen LogP contribution in [-0.2, 0) is 11.3 Å². The molecule has 146 valence electrons. The molecule has 0 spiro atoms. The van der Waals surface area contributed by atoms with Gasteiger partial charge in [0.05, 0.1) is 17.4 Å². The third kappa shape index (κ3) is 4.64. The second-order valence-electron chi connectivity index (χ2n) is 6.24. The van der Waals surface area contributed by atoms with E-state index in [1.54, 1.807) is 54.3 Å². The maximum absolute atomic E-state index is 12.8. The average Bonchev–Trinajstić information content (AvgIpc) is 2.67. The summed E-state index contributed by atoms with van der Waals surface area (Å²) in [6.45, 7) is 4.12. The molecule has 0 bridgehead atoms. The molecular formula is C20H19Cl2N3O3. The minimum absolute atomic E-state index is 0.154. The molecule has 1 atom stereocenters. The first-order valence-corrected chi connectivity index (χ1v) is 9.52. The summed E-state index contributed by atoms with van der Waals surface area (Å²) < 4.78 is 5.70. The van der Waals surface area contributed by atoms with Gasteiger partial charge in [0.15, 0.2) is 6.10 Å². The van der Waals surface area contributed by atoms with Crippen molar-refractivity contribution in [3.63, 3.8) is 0 Å². The summed E-state index contributed by atoms with van der Waals surface area (Å²) >= 11 is 11.9. The van der Waals surface area contributed by atoms with E-state index in [9.17, 15) is 9.59 Å². The predicted octanol–water partition coefficient (Wildman–Crippen LogP) is 4.05. The van der Waals surface area contributed by atoms with Crippen LogP contribution in [0.15, 0.2) is 47.3 Å². The van der Waals surface area contributed by atoms with E-state index in [2.05, 4.69) is 9.97 Å². The molecule has 0 aliphatic carbocycles. The van der Waals surface area contributed by atoms with Gasteiger partial charge < -0.3 is 14.6 Å². The second-order valence-corrected chi connectivity index (χ2v) is 7.11. The molecule has 8 heteroatoms. The molecule has 1 amide bonds. The highest BCUT2D eigenvalue weighted by atomic mass is 35.5. The Hall–Kier alpha value is -2.57. The van der Waals surface area contributed by atoms with Gasteiger partial charge in [-0.3, -0.25) is 9.59 Å². The van der Waals surface area contributed by atoms with Crippen LogP contribution < -0.4 is 10.3 Å². The highest BCUT2D eigenvalue weighted by Crippen LogP contribution is 2.18. The molecular weight excluding hydrogens is 401 g/mol. The van der Waals surface area contributed by atoms with Crippen LogP contribution in [-0.4, -0.2) is 33.4 Å². The third-order valence-corrected chi connectivity index (χ3v) is 4.71. The van der Waals surface area contributed by atoms with E-state index in [0.29, 0.717) is 39.1 Å². The number of fused-ring (bicyclic) bond motifs is 1. The van der Waals surface area contributed by atoms with E-state index in [1.807, 2.05) is 6.92 Å². The summed E-state index contributed by atoms with van der Waals surface area (Å²) in [6, 6.07) is 11.7. The van der Waals surface area contributed by atoms with Crippen LogP contribution in [0, 0.1) is 0 Å². The van der Waals surface area contributed by atoms with E-state index in [4.69, 9.17) is 27.9 Å². The molecule has 0 aliphatic heterocycles. The van der Waals surface area contributed by atoms with E-state index < -0.39 is 6.10 Å². The molecule has 0 aliphatic rings. The first-order chi connectivity index (χ1) is 13.4. The minimum atomic E-state index is -0.706. The molecule has 1 unspecified atom stereocenters. The standard InChI is InChI=1S/C20H19Cl2N3O3/c1-3-25(20(27)12(2)28-15-7-4-13(21)5-8-15)11-18-23-17-10-14(22)6-9-16(17)19(26)24-18/h4-10,12H,3,11H2,1-2H3,(H,23,24,26). The van der Waals surface area contributed by atoms with Gasteiger partial charge in [-0.05, 0) is 56.3 Å². The van der Waals surface area contributed by atoms with Crippen LogP contribution in [0.25, 0.3) is 10.9 Å². The fraction of sp³-hybridized carbons (Fsp3) is 0.250. The largest absolute Gasteiger partial charge is 0.481 e. The smallest absolute Gasteiger partial charge is 0.263 e. The molecule has 6 nitrogen and oxygen atoms in total. The Morgan fingerprint density at radius 3 is 2.54 bits per heavy atom. The van der Waals surface area contributed by atoms with Gasteiger partial charge in [-0.25, -0.2) is 4.98 Å². The van der Waals surface area contributed by atoms with E-state index in [0.717, 1.165) is 0 Å². The van der Waals surface area contributed by atoms with Gasteiger partial charge in [0.25, 0.3) is 11.5 Å². The molecule has 1 aromatic heterocycles. The number of aromatic nitrogens is 2. The van der Waals surface area contributed by atoms with Crippen molar-refractivity contribution in [1.29, 1.82) is 0 Å². The maximum Gasteiger partial charge on any atom is 0.263 e. The molecule has 28 heavy (non-hydrogen) atoms. The van der Waals surface area contributed by atoms with Gasteiger partial charge in [0.1, 0.15) is 11.6 Å². The molecule has 0 fully saturated rings. The molecule has 2 aromatic carbocycles. The van der Waals surface area contributed by atoms with E-state index >= 15 is 0 Å². The second kappa shape index (κ2) is 8.63. The Morgan fingerprint density at radius 2 is 1.86 bits per heavy atom. The number of ether oxygens (including phenoxy) is 1. The van der Waals surface area contributed by atoms with Crippen LogP contribution in [0.4, 0.5) is 0 Å². The number of hydrogen-bond donors (Lipinski definition) is 1. The van der Waals surface area contributed by atoms with Crippen LogP contribution >= 0.6 is 23.2 Å². The number of carbonyl (C=O) groups excluding carboxylic acids is 1. The monoisotopic (exact) mass is 419 g/mol. The van der Waals surface area contributed by atoms with Gasteiger partial charge in [-0.15, -0.1) is 0 Å². The lowest BCUT2D eigenvalue weighted by atomic mass is 10.2. The molecule has 1 heterocycles.